The fraction of sp³-hybridized carbons (Fsp3) is 0.333. The minimum absolute atomic E-state index is 0.0137. The van der Waals surface area contributed by atoms with Crippen LogP contribution in [-0.2, 0) is 12.8 Å². The second kappa shape index (κ2) is 8.34. The van der Waals surface area contributed by atoms with Gasteiger partial charge in [0.05, 0.1) is 12.0 Å². The number of amides is 2. The molecule has 0 spiro atoms. The quantitative estimate of drug-likeness (QED) is 0.761. The number of hydrazine groups is 1. The molecular formula is C18H18F2N2O4S. The van der Waals surface area contributed by atoms with Crippen LogP contribution in [0.5, 0.6) is 11.5 Å². The molecule has 1 aliphatic carbocycles. The van der Waals surface area contributed by atoms with Crippen LogP contribution < -0.4 is 20.3 Å². The van der Waals surface area contributed by atoms with Crippen LogP contribution in [0.2, 0.25) is 0 Å². The van der Waals surface area contributed by atoms with Gasteiger partial charge in [0.2, 0.25) is 0 Å². The number of fused-ring (bicyclic) bond motifs is 1. The Kier molecular flexibility index (Phi) is 5.90. The summed E-state index contributed by atoms with van der Waals surface area (Å²) in [5.41, 5.74) is 6.00. The molecule has 1 aromatic carbocycles. The molecule has 2 N–H and O–H groups in total. The standard InChI is InChI=1S/C18H18F2N2O4S/c1-25-13-8-11(6-7-12(13)26-18(19)20)16(23)21-22-17(24)15-9-10-4-2-3-5-14(10)27-15/h6-9,18H,2-5H2,1H3,(H,21,23)(H,22,24). The van der Waals surface area contributed by atoms with Gasteiger partial charge in [0.15, 0.2) is 11.5 Å². The van der Waals surface area contributed by atoms with Crippen LogP contribution in [-0.4, -0.2) is 25.5 Å². The van der Waals surface area contributed by atoms with Gasteiger partial charge in [-0.25, -0.2) is 0 Å². The summed E-state index contributed by atoms with van der Waals surface area (Å²) >= 11 is 1.43. The van der Waals surface area contributed by atoms with E-state index in [2.05, 4.69) is 15.6 Å². The highest BCUT2D eigenvalue weighted by Crippen LogP contribution is 2.30. The number of hydrogen-bond donors (Lipinski definition) is 2. The number of hydrogen-bond acceptors (Lipinski definition) is 5. The van der Waals surface area contributed by atoms with Gasteiger partial charge in [0.25, 0.3) is 11.8 Å². The van der Waals surface area contributed by atoms with Crippen molar-refractivity contribution in [1.29, 1.82) is 0 Å². The zero-order valence-corrected chi connectivity index (χ0v) is 15.3. The Labute approximate surface area is 158 Å². The zero-order valence-electron chi connectivity index (χ0n) is 14.5. The van der Waals surface area contributed by atoms with Gasteiger partial charge >= 0.3 is 6.61 Å². The minimum Gasteiger partial charge on any atom is -0.493 e. The van der Waals surface area contributed by atoms with Gasteiger partial charge in [-0.05, 0) is 55.5 Å². The lowest BCUT2D eigenvalue weighted by Crippen LogP contribution is -2.41. The van der Waals surface area contributed by atoms with Crippen molar-refractivity contribution in [3.63, 3.8) is 0 Å². The van der Waals surface area contributed by atoms with Gasteiger partial charge in [-0.2, -0.15) is 8.78 Å². The number of carbonyl (C=O) groups excluding carboxylic acids is 2. The highest BCUT2D eigenvalue weighted by molar-refractivity contribution is 7.14. The van der Waals surface area contributed by atoms with Crippen molar-refractivity contribution in [3.8, 4) is 11.5 Å². The summed E-state index contributed by atoms with van der Waals surface area (Å²) in [6.07, 6.45) is 4.19. The normalized spacial score (nSPS) is 13.0. The Hall–Kier alpha value is -2.68. The van der Waals surface area contributed by atoms with Crippen molar-refractivity contribution in [2.45, 2.75) is 32.3 Å². The molecular weight excluding hydrogens is 378 g/mol. The number of ether oxygens (including phenoxy) is 2. The average Bonchev–Trinajstić information content (AvgIpc) is 3.10. The molecule has 6 nitrogen and oxygen atoms in total. The maximum atomic E-state index is 12.3. The van der Waals surface area contributed by atoms with Crippen molar-refractivity contribution in [2.75, 3.05) is 7.11 Å². The highest BCUT2D eigenvalue weighted by atomic mass is 32.1. The maximum Gasteiger partial charge on any atom is 0.387 e. The number of halogens is 2. The molecule has 1 aliphatic rings. The fourth-order valence-corrected chi connectivity index (χ4v) is 4.00. The Balaban J connectivity index is 1.63. The lowest BCUT2D eigenvalue weighted by Gasteiger charge is -2.11. The molecule has 2 amide bonds. The van der Waals surface area contributed by atoms with Gasteiger partial charge < -0.3 is 9.47 Å². The molecule has 9 heteroatoms. The number of carbonyl (C=O) groups is 2. The number of benzene rings is 1. The molecule has 0 atom stereocenters. The number of alkyl halides is 2. The summed E-state index contributed by atoms with van der Waals surface area (Å²) in [7, 11) is 1.27. The van der Waals surface area contributed by atoms with Crippen LogP contribution in [0.15, 0.2) is 24.3 Å². The van der Waals surface area contributed by atoms with E-state index in [1.54, 1.807) is 0 Å². The first kappa shape index (κ1) is 19.1. The van der Waals surface area contributed by atoms with Gasteiger partial charge in [-0.3, -0.25) is 20.4 Å². The third-order valence-corrected chi connectivity index (χ3v) is 5.39. The van der Waals surface area contributed by atoms with Crippen molar-refractivity contribution in [3.05, 3.63) is 45.1 Å². The topological polar surface area (TPSA) is 76.7 Å². The maximum absolute atomic E-state index is 12.3. The van der Waals surface area contributed by atoms with Crippen LogP contribution >= 0.6 is 11.3 Å². The molecule has 2 aromatic rings. The van der Waals surface area contributed by atoms with Gasteiger partial charge in [0, 0.05) is 10.4 Å². The number of aryl methyl sites for hydroxylation is 2. The van der Waals surface area contributed by atoms with E-state index in [-0.39, 0.29) is 17.1 Å². The number of rotatable bonds is 5. The third kappa shape index (κ3) is 4.54. The second-order valence-corrected chi connectivity index (χ2v) is 7.06. The Morgan fingerprint density at radius 1 is 1.07 bits per heavy atom. The second-order valence-electron chi connectivity index (χ2n) is 5.92. The van der Waals surface area contributed by atoms with Gasteiger partial charge in [-0.1, -0.05) is 0 Å². The number of methoxy groups -OCH3 is 1. The minimum atomic E-state index is -3.01. The van der Waals surface area contributed by atoms with Crippen LogP contribution in [0.25, 0.3) is 0 Å². The lowest BCUT2D eigenvalue weighted by atomic mass is 9.99. The molecule has 0 saturated heterocycles. The Bertz CT molecular complexity index is 830. The van der Waals surface area contributed by atoms with E-state index >= 15 is 0 Å². The van der Waals surface area contributed by atoms with Crippen molar-refractivity contribution in [1.82, 2.24) is 10.9 Å². The smallest absolute Gasteiger partial charge is 0.387 e. The van der Waals surface area contributed by atoms with Crippen LogP contribution in [0.3, 0.4) is 0 Å². The first-order valence-electron chi connectivity index (χ1n) is 8.33. The monoisotopic (exact) mass is 396 g/mol. The Morgan fingerprint density at radius 2 is 1.81 bits per heavy atom. The first-order chi connectivity index (χ1) is 13.0. The SMILES string of the molecule is COc1cc(C(=O)NNC(=O)c2cc3c(s2)CCCC3)ccc1OC(F)F. The van der Waals surface area contributed by atoms with Crippen LogP contribution in [0, 0.1) is 0 Å². The largest absolute Gasteiger partial charge is 0.493 e. The van der Waals surface area contributed by atoms with E-state index in [4.69, 9.17) is 4.74 Å². The van der Waals surface area contributed by atoms with Gasteiger partial charge in [0.1, 0.15) is 0 Å². The van der Waals surface area contributed by atoms with E-state index in [1.807, 2.05) is 6.07 Å². The summed E-state index contributed by atoms with van der Waals surface area (Å²) < 4.78 is 34.0. The van der Waals surface area contributed by atoms with Crippen molar-refractivity contribution >= 4 is 23.2 Å². The molecule has 0 radical (unpaired) electrons. The summed E-state index contributed by atoms with van der Waals surface area (Å²) in [6, 6.07) is 5.61. The fourth-order valence-electron chi connectivity index (χ4n) is 2.85. The first-order valence-corrected chi connectivity index (χ1v) is 9.14. The molecule has 0 saturated carbocycles. The number of nitrogens with one attached hydrogen (secondary N) is 2. The summed E-state index contributed by atoms with van der Waals surface area (Å²) in [4.78, 5) is 26.2. The number of thiophene rings is 1. The van der Waals surface area contributed by atoms with Crippen LogP contribution in [0.1, 0.15) is 43.3 Å². The van der Waals surface area contributed by atoms with E-state index < -0.39 is 18.4 Å². The predicted molar refractivity (Wildman–Crippen MR) is 95.5 cm³/mol. The van der Waals surface area contributed by atoms with E-state index in [0.717, 1.165) is 25.7 Å². The molecule has 144 valence electrons. The van der Waals surface area contributed by atoms with Crippen LogP contribution in [0.4, 0.5) is 8.78 Å². The molecule has 0 fully saturated rings. The molecule has 1 heterocycles. The molecule has 0 bridgehead atoms. The zero-order chi connectivity index (χ0) is 19.4. The predicted octanol–water partition coefficient (Wildman–Crippen LogP) is 3.31. The highest BCUT2D eigenvalue weighted by Gasteiger charge is 2.18. The van der Waals surface area contributed by atoms with Crippen molar-refractivity contribution in [2.24, 2.45) is 0 Å². The summed E-state index contributed by atoms with van der Waals surface area (Å²) in [5, 5.41) is 0. The summed E-state index contributed by atoms with van der Waals surface area (Å²) in [6.45, 7) is -3.01. The molecule has 1 aromatic heterocycles. The van der Waals surface area contributed by atoms with E-state index in [1.165, 1.54) is 47.1 Å². The molecule has 0 aliphatic heterocycles. The van der Waals surface area contributed by atoms with Crippen molar-refractivity contribution < 1.29 is 27.8 Å². The third-order valence-electron chi connectivity index (χ3n) is 4.15. The molecule has 27 heavy (non-hydrogen) atoms. The Morgan fingerprint density at radius 3 is 2.52 bits per heavy atom. The molecule has 3 rings (SSSR count). The molecule has 0 unspecified atom stereocenters. The lowest BCUT2D eigenvalue weighted by molar-refractivity contribution is -0.0512. The van der Waals surface area contributed by atoms with Gasteiger partial charge in [-0.15, -0.1) is 11.3 Å². The average molecular weight is 396 g/mol. The van der Waals surface area contributed by atoms with E-state index in [9.17, 15) is 18.4 Å². The summed E-state index contributed by atoms with van der Waals surface area (Å²) in [5.74, 6) is -1.20. The van der Waals surface area contributed by atoms with E-state index in [0.29, 0.717) is 4.88 Å².